The number of fused-ring (bicyclic) bond motifs is 3. The van der Waals surface area contributed by atoms with Gasteiger partial charge in [-0.2, -0.15) is 0 Å². The predicted octanol–water partition coefficient (Wildman–Crippen LogP) is 3.63. The number of benzene rings is 2. The van der Waals surface area contributed by atoms with Gasteiger partial charge >= 0.3 is 5.97 Å². The number of aromatic carboxylic acids is 1. The van der Waals surface area contributed by atoms with E-state index in [2.05, 4.69) is 24.1 Å². The van der Waals surface area contributed by atoms with Crippen molar-refractivity contribution >= 4 is 23.9 Å². The maximum atomic E-state index is 10.3. The molecule has 1 aliphatic heterocycles. The van der Waals surface area contributed by atoms with Crippen molar-refractivity contribution in [1.29, 1.82) is 0 Å². The standard InChI is InChI=1S/C13H15NO.C7H6O2.ClH/c1-14-8-4-7-10-9-5-2-3-6-11(9)13(15)12(10)14;8-7(9)6-4-2-1-3-5-6;/h2-3,5-7,12-13,15H,4,8H2,1H3;1-5H,(H,8,9);1H. The molecule has 0 spiro atoms. The molecule has 0 saturated heterocycles. The molecule has 4 rings (SSSR count). The monoisotopic (exact) mass is 359 g/mol. The van der Waals surface area contributed by atoms with Crippen molar-refractivity contribution in [2.75, 3.05) is 13.6 Å². The molecule has 0 aromatic heterocycles. The van der Waals surface area contributed by atoms with Gasteiger partial charge in [-0.1, -0.05) is 48.5 Å². The molecule has 0 saturated carbocycles. The molecular weight excluding hydrogens is 338 g/mol. The van der Waals surface area contributed by atoms with Crippen molar-refractivity contribution in [3.63, 3.8) is 0 Å². The van der Waals surface area contributed by atoms with Crippen LogP contribution in [0.5, 0.6) is 0 Å². The number of carboxylic acids is 1. The number of rotatable bonds is 1. The summed E-state index contributed by atoms with van der Waals surface area (Å²) in [6.07, 6.45) is 3.01. The van der Waals surface area contributed by atoms with Gasteiger partial charge in [-0.25, -0.2) is 4.79 Å². The zero-order chi connectivity index (χ0) is 17.1. The van der Waals surface area contributed by atoms with Gasteiger partial charge in [-0.05, 0) is 42.3 Å². The third-order valence-electron chi connectivity index (χ3n) is 4.55. The van der Waals surface area contributed by atoms with E-state index in [1.165, 1.54) is 11.1 Å². The zero-order valence-corrected chi connectivity index (χ0v) is 14.8. The highest BCUT2D eigenvalue weighted by Gasteiger charge is 2.38. The van der Waals surface area contributed by atoms with Crippen LogP contribution in [0.15, 0.2) is 60.7 Å². The smallest absolute Gasteiger partial charge is 0.335 e. The van der Waals surface area contributed by atoms with Crippen LogP contribution in [-0.2, 0) is 0 Å². The molecule has 2 atom stereocenters. The van der Waals surface area contributed by atoms with Crippen molar-refractivity contribution < 1.29 is 15.0 Å². The van der Waals surface area contributed by atoms with Gasteiger partial charge in [0.1, 0.15) is 0 Å². The lowest BCUT2D eigenvalue weighted by Gasteiger charge is -2.31. The Morgan fingerprint density at radius 2 is 1.72 bits per heavy atom. The van der Waals surface area contributed by atoms with Crippen molar-refractivity contribution in [1.82, 2.24) is 4.90 Å². The molecule has 0 amide bonds. The van der Waals surface area contributed by atoms with Crippen LogP contribution < -0.4 is 0 Å². The van der Waals surface area contributed by atoms with Gasteiger partial charge in [-0.3, -0.25) is 4.90 Å². The highest BCUT2D eigenvalue weighted by Crippen LogP contribution is 2.43. The molecule has 2 aromatic rings. The minimum absolute atomic E-state index is 0. The van der Waals surface area contributed by atoms with E-state index in [1.807, 2.05) is 18.2 Å². The summed E-state index contributed by atoms with van der Waals surface area (Å²) in [5, 5.41) is 18.6. The normalized spacial score (nSPS) is 21.0. The molecule has 1 heterocycles. The predicted molar refractivity (Wildman–Crippen MR) is 101 cm³/mol. The Kier molecular flexibility index (Phi) is 6.37. The first-order valence-electron chi connectivity index (χ1n) is 8.05. The average Bonchev–Trinajstić information content (AvgIpc) is 2.91. The summed E-state index contributed by atoms with van der Waals surface area (Å²) in [6, 6.07) is 16.7. The van der Waals surface area contributed by atoms with E-state index in [0.29, 0.717) is 5.56 Å². The molecule has 2 aromatic carbocycles. The molecule has 132 valence electrons. The number of carbonyl (C=O) groups is 1. The molecule has 25 heavy (non-hydrogen) atoms. The van der Waals surface area contributed by atoms with Gasteiger partial charge < -0.3 is 10.2 Å². The summed E-state index contributed by atoms with van der Waals surface area (Å²) in [7, 11) is 2.09. The highest BCUT2D eigenvalue weighted by atomic mass is 35.5. The molecule has 1 aliphatic carbocycles. The lowest BCUT2D eigenvalue weighted by Crippen LogP contribution is -2.37. The Labute approximate surface area is 153 Å². The van der Waals surface area contributed by atoms with E-state index < -0.39 is 5.97 Å². The van der Waals surface area contributed by atoms with Crippen molar-refractivity contribution in [2.24, 2.45) is 0 Å². The summed E-state index contributed by atoms with van der Waals surface area (Å²) < 4.78 is 0. The first-order chi connectivity index (χ1) is 11.6. The molecule has 0 radical (unpaired) electrons. The van der Waals surface area contributed by atoms with Gasteiger partial charge in [0.2, 0.25) is 0 Å². The fourth-order valence-corrected chi connectivity index (χ4v) is 3.37. The molecule has 4 nitrogen and oxygen atoms in total. The van der Waals surface area contributed by atoms with E-state index in [9.17, 15) is 9.90 Å². The van der Waals surface area contributed by atoms with E-state index in [1.54, 1.807) is 30.3 Å². The summed E-state index contributed by atoms with van der Waals surface area (Å²) in [5.74, 6) is -0.879. The number of halogens is 1. The summed E-state index contributed by atoms with van der Waals surface area (Å²) in [4.78, 5) is 12.5. The number of nitrogens with zero attached hydrogens (tertiary/aromatic N) is 1. The van der Waals surface area contributed by atoms with Gasteiger partial charge in [0.25, 0.3) is 0 Å². The Morgan fingerprint density at radius 3 is 2.36 bits per heavy atom. The topological polar surface area (TPSA) is 60.8 Å². The Balaban J connectivity index is 0.000000196. The highest BCUT2D eigenvalue weighted by molar-refractivity contribution is 5.87. The summed E-state index contributed by atoms with van der Waals surface area (Å²) >= 11 is 0. The minimum Gasteiger partial charge on any atom is -0.478 e. The first-order valence-corrected chi connectivity index (χ1v) is 8.05. The van der Waals surface area contributed by atoms with Crippen LogP contribution in [0.4, 0.5) is 0 Å². The number of likely N-dealkylation sites (N-methyl/N-ethyl adjacent to an activating group) is 1. The third-order valence-corrected chi connectivity index (χ3v) is 4.55. The zero-order valence-electron chi connectivity index (χ0n) is 14.0. The van der Waals surface area contributed by atoms with Crippen LogP contribution in [-0.4, -0.2) is 40.7 Å². The van der Waals surface area contributed by atoms with Crippen molar-refractivity contribution in [3.05, 3.63) is 77.4 Å². The quantitative estimate of drug-likeness (QED) is 0.816. The number of hydrogen-bond acceptors (Lipinski definition) is 3. The summed E-state index contributed by atoms with van der Waals surface area (Å²) in [6.45, 7) is 1.04. The largest absolute Gasteiger partial charge is 0.478 e. The molecule has 5 heteroatoms. The van der Waals surface area contributed by atoms with Crippen LogP contribution in [0.25, 0.3) is 5.57 Å². The molecule has 0 fully saturated rings. The Hall–Kier alpha value is -2.14. The first kappa shape index (κ1) is 19.2. The van der Waals surface area contributed by atoms with E-state index in [0.717, 1.165) is 18.5 Å². The van der Waals surface area contributed by atoms with Crippen LogP contribution in [0.3, 0.4) is 0 Å². The van der Waals surface area contributed by atoms with Crippen LogP contribution in [0, 0.1) is 0 Å². The molecule has 0 bridgehead atoms. The van der Waals surface area contributed by atoms with Crippen molar-refractivity contribution in [3.8, 4) is 0 Å². The second-order valence-corrected chi connectivity index (χ2v) is 6.08. The number of hydrogen-bond donors (Lipinski definition) is 2. The Morgan fingerprint density at radius 1 is 1.08 bits per heavy atom. The number of aliphatic hydroxyl groups excluding tert-OH is 1. The van der Waals surface area contributed by atoms with Gasteiger partial charge in [-0.15, -0.1) is 12.4 Å². The van der Waals surface area contributed by atoms with Crippen LogP contribution in [0.1, 0.15) is 34.0 Å². The van der Waals surface area contributed by atoms with Crippen molar-refractivity contribution in [2.45, 2.75) is 18.6 Å². The lowest BCUT2D eigenvalue weighted by molar-refractivity contribution is 0.0697. The van der Waals surface area contributed by atoms with E-state index in [4.69, 9.17) is 5.11 Å². The van der Waals surface area contributed by atoms with E-state index in [-0.39, 0.29) is 24.6 Å². The van der Waals surface area contributed by atoms with Gasteiger partial charge in [0.05, 0.1) is 17.7 Å². The minimum atomic E-state index is -0.879. The maximum Gasteiger partial charge on any atom is 0.335 e. The second kappa shape index (κ2) is 8.30. The third kappa shape index (κ3) is 3.93. The second-order valence-electron chi connectivity index (χ2n) is 6.08. The molecule has 2 aliphatic rings. The molecule has 2 unspecified atom stereocenters. The van der Waals surface area contributed by atoms with Crippen LogP contribution in [0.2, 0.25) is 0 Å². The molecular formula is C20H22ClNO3. The SMILES string of the molecule is CN1CCC=C2c3ccccc3C(O)C21.Cl.O=C(O)c1ccccc1. The van der Waals surface area contributed by atoms with Crippen LogP contribution >= 0.6 is 12.4 Å². The molecule has 2 N–H and O–H groups in total. The number of aliphatic hydroxyl groups is 1. The Bertz CT molecular complexity index is 761. The lowest BCUT2D eigenvalue weighted by atomic mass is 10.00. The van der Waals surface area contributed by atoms with E-state index >= 15 is 0 Å². The fourth-order valence-electron chi connectivity index (χ4n) is 3.37. The summed E-state index contributed by atoms with van der Waals surface area (Å²) in [5.41, 5.74) is 3.97. The maximum absolute atomic E-state index is 10.3. The van der Waals surface area contributed by atoms with Gasteiger partial charge in [0.15, 0.2) is 0 Å². The fraction of sp³-hybridized carbons (Fsp3) is 0.250. The number of carboxylic acid groups (broad SMARTS) is 1. The average molecular weight is 360 g/mol. The van der Waals surface area contributed by atoms with Gasteiger partial charge in [0, 0.05) is 6.54 Å².